The first kappa shape index (κ1) is 12.7. The van der Waals surface area contributed by atoms with E-state index in [0.29, 0.717) is 0 Å². The van der Waals surface area contributed by atoms with E-state index in [1.807, 2.05) is 42.5 Å². The first-order chi connectivity index (χ1) is 9.13. The number of benzene rings is 2. The van der Waals surface area contributed by atoms with Crippen LogP contribution in [0.3, 0.4) is 0 Å². The van der Waals surface area contributed by atoms with Crippen LogP contribution in [0.2, 0.25) is 0 Å². The fraction of sp³-hybridized carbons (Fsp3) is 0.0714. The molecule has 5 heteroatoms. The molecule has 0 spiro atoms. The normalized spacial score (nSPS) is 12.7. The highest BCUT2D eigenvalue weighted by molar-refractivity contribution is 14.1. The summed E-state index contributed by atoms with van der Waals surface area (Å²) < 4.78 is 1.18. The van der Waals surface area contributed by atoms with Gasteiger partial charge in [-0.25, -0.2) is 4.79 Å². The molecular weight excluding hydrogens is 375 g/mol. The molecule has 0 aliphatic heterocycles. The molecule has 2 aromatic carbocycles. The second-order valence-electron chi connectivity index (χ2n) is 4.30. The first-order valence-corrected chi connectivity index (χ1v) is 7.26. The van der Waals surface area contributed by atoms with Crippen LogP contribution in [0.25, 0.3) is 11.0 Å². The summed E-state index contributed by atoms with van der Waals surface area (Å²) in [7, 11) is 0. The zero-order valence-electron chi connectivity index (χ0n) is 9.78. The summed E-state index contributed by atoms with van der Waals surface area (Å²) in [6, 6.07) is 13.8. The van der Waals surface area contributed by atoms with Crippen molar-refractivity contribution in [2.75, 3.05) is 0 Å². The van der Waals surface area contributed by atoms with Crippen LogP contribution in [0.1, 0.15) is 16.5 Å². The summed E-state index contributed by atoms with van der Waals surface area (Å²) in [5.74, 6) is 0. The summed E-state index contributed by atoms with van der Waals surface area (Å²) in [6.45, 7) is 0. The predicted molar refractivity (Wildman–Crippen MR) is 85.8 cm³/mol. The third kappa shape index (κ3) is 2.55. The number of aromatic amines is 2. The number of H-pyrrole nitrogens is 2. The molecule has 0 radical (unpaired) electrons. The average molecular weight is 385 g/mol. The maximum Gasteiger partial charge on any atom is 0.323 e. The van der Waals surface area contributed by atoms with Gasteiger partial charge in [0.1, 0.15) is 0 Å². The minimum absolute atomic E-state index is 0.201. The van der Waals surface area contributed by atoms with Gasteiger partial charge in [-0.05, 0) is 58.0 Å². The van der Waals surface area contributed by atoms with E-state index in [1.165, 1.54) is 3.57 Å². The molecule has 1 unspecified atom stereocenters. The SMILES string of the molecule is O=c1[nH]c2ccc(C(Cl)c3ccc(I)cc3)cc2[nH]1. The minimum atomic E-state index is -0.222. The van der Waals surface area contributed by atoms with Gasteiger partial charge in [-0.3, -0.25) is 0 Å². The van der Waals surface area contributed by atoms with Crippen LogP contribution in [0.4, 0.5) is 0 Å². The maximum absolute atomic E-state index is 11.2. The van der Waals surface area contributed by atoms with E-state index >= 15 is 0 Å². The van der Waals surface area contributed by atoms with Crippen LogP contribution in [0.5, 0.6) is 0 Å². The minimum Gasteiger partial charge on any atom is -0.306 e. The summed E-state index contributed by atoms with van der Waals surface area (Å²) in [5.41, 5.74) is 3.37. The summed E-state index contributed by atoms with van der Waals surface area (Å²) in [5, 5.41) is -0.222. The highest BCUT2D eigenvalue weighted by Gasteiger charge is 2.11. The van der Waals surface area contributed by atoms with Gasteiger partial charge < -0.3 is 9.97 Å². The highest BCUT2D eigenvalue weighted by Crippen LogP contribution is 2.30. The Hall–Kier alpha value is -1.27. The second kappa shape index (κ2) is 5.02. The molecule has 0 fully saturated rings. The molecule has 0 saturated heterocycles. The molecule has 96 valence electrons. The topological polar surface area (TPSA) is 48.6 Å². The number of imidazole rings is 1. The third-order valence-electron chi connectivity index (χ3n) is 3.00. The fourth-order valence-electron chi connectivity index (χ4n) is 2.03. The Morgan fingerprint density at radius 1 is 0.947 bits per heavy atom. The lowest BCUT2D eigenvalue weighted by Crippen LogP contribution is -1.99. The van der Waals surface area contributed by atoms with Crippen LogP contribution in [-0.4, -0.2) is 9.97 Å². The number of halogens is 2. The van der Waals surface area contributed by atoms with E-state index in [4.69, 9.17) is 11.6 Å². The quantitative estimate of drug-likeness (QED) is 0.512. The molecule has 2 N–H and O–H groups in total. The van der Waals surface area contributed by atoms with E-state index in [0.717, 1.165) is 22.2 Å². The largest absolute Gasteiger partial charge is 0.323 e. The van der Waals surface area contributed by atoms with Gasteiger partial charge in [0.2, 0.25) is 0 Å². The molecule has 0 aliphatic rings. The van der Waals surface area contributed by atoms with Crippen LogP contribution >= 0.6 is 34.2 Å². The molecule has 1 atom stereocenters. The number of fused-ring (bicyclic) bond motifs is 1. The van der Waals surface area contributed by atoms with Crippen molar-refractivity contribution in [3.63, 3.8) is 0 Å². The Labute approximate surface area is 128 Å². The van der Waals surface area contributed by atoms with Crippen molar-refractivity contribution in [2.45, 2.75) is 5.38 Å². The van der Waals surface area contributed by atoms with Gasteiger partial charge in [-0.1, -0.05) is 18.2 Å². The molecule has 3 aromatic rings. The molecule has 19 heavy (non-hydrogen) atoms. The average Bonchev–Trinajstić information content (AvgIpc) is 2.77. The second-order valence-corrected chi connectivity index (χ2v) is 5.98. The third-order valence-corrected chi connectivity index (χ3v) is 4.22. The van der Waals surface area contributed by atoms with Gasteiger partial charge in [-0.15, -0.1) is 11.6 Å². The Bertz CT molecular complexity index is 776. The van der Waals surface area contributed by atoms with Crippen molar-refractivity contribution < 1.29 is 0 Å². The summed E-state index contributed by atoms with van der Waals surface area (Å²) in [6.07, 6.45) is 0. The molecule has 3 nitrogen and oxygen atoms in total. The van der Waals surface area contributed by atoms with Crippen LogP contribution in [-0.2, 0) is 0 Å². The van der Waals surface area contributed by atoms with Gasteiger partial charge in [0.25, 0.3) is 0 Å². The van der Waals surface area contributed by atoms with Gasteiger partial charge in [-0.2, -0.15) is 0 Å². The molecule has 1 heterocycles. The smallest absolute Gasteiger partial charge is 0.306 e. The first-order valence-electron chi connectivity index (χ1n) is 5.75. The molecule has 3 rings (SSSR count). The standard InChI is InChI=1S/C14H10ClIN2O/c15-13(8-1-4-10(16)5-2-8)9-3-6-11-12(7-9)18-14(19)17-11/h1-7,13H,(H2,17,18,19). The monoisotopic (exact) mass is 384 g/mol. The summed E-state index contributed by atoms with van der Waals surface area (Å²) >= 11 is 8.75. The van der Waals surface area contributed by atoms with Crippen molar-refractivity contribution in [1.82, 2.24) is 9.97 Å². The van der Waals surface area contributed by atoms with Crippen molar-refractivity contribution in [3.05, 3.63) is 67.6 Å². The number of aromatic nitrogens is 2. The van der Waals surface area contributed by atoms with Gasteiger partial charge in [0.15, 0.2) is 0 Å². The van der Waals surface area contributed by atoms with Crippen molar-refractivity contribution in [1.29, 1.82) is 0 Å². The van der Waals surface area contributed by atoms with Gasteiger partial charge in [0, 0.05) is 3.57 Å². The molecule has 0 aliphatic carbocycles. The Kier molecular flexibility index (Phi) is 3.36. The Morgan fingerprint density at radius 2 is 1.58 bits per heavy atom. The highest BCUT2D eigenvalue weighted by atomic mass is 127. The lowest BCUT2D eigenvalue weighted by Gasteiger charge is -2.10. The van der Waals surface area contributed by atoms with Crippen molar-refractivity contribution >= 4 is 45.2 Å². The number of hydrogen-bond donors (Lipinski definition) is 2. The maximum atomic E-state index is 11.2. The lowest BCUT2D eigenvalue weighted by molar-refractivity contribution is 1.14. The zero-order chi connectivity index (χ0) is 13.4. The van der Waals surface area contributed by atoms with Gasteiger partial charge >= 0.3 is 5.69 Å². The lowest BCUT2D eigenvalue weighted by atomic mass is 10.0. The Balaban J connectivity index is 2.03. The van der Waals surface area contributed by atoms with Gasteiger partial charge in [0.05, 0.1) is 16.4 Å². The molecule has 1 aromatic heterocycles. The van der Waals surface area contributed by atoms with E-state index in [-0.39, 0.29) is 11.1 Å². The summed E-state index contributed by atoms with van der Waals surface area (Å²) in [4.78, 5) is 16.7. The number of alkyl halides is 1. The van der Waals surface area contributed by atoms with E-state index in [9.17, 15) is 4.79 Å². The molecule has 0 amide bonds. The van der Waals surface area contributed by atoms with Crippen molar-refractivity contribution in [3.8, 4) is 0 Å². The fourth-order valence-corrected chi connectivity index (χ4v) is 2.67. The number of hydrogen-bond acceptors (Lipinski definition) is 1. The number of rotatable bonds is 2. The Morgan fingerprint density at radius 3 is 2.32 bits per heavy atom. The van der Waals surface area contributed by atoms with E-state index < -0.39 is 0 Å². The zero-order valence-corrected chi connectivity index (χ0v) is 12.7. The van der Waals surface area contributed by atoms with E-state index in [1.54, 1.807) is 0 Å². The van der Waals surface area contributed by atoms with Crippen LogP contribution < -0.4 is 5.69 Å². The van der Waals surface area contributed by atoms with Crippen molar-refractivity contribution in [2.24, 2.45) is 0 Å². The van der Waals surface area contributed by atoms with Crippen LogP contribution in [0.15, 0.2) is 47.3 Å². The van der Waals surface area contributed by atoms with Crippen LogP contribution in [0, 0.1) is 3.57 Å². The van der Waals surface area contributed by atoms with E-state index in [2.05, 4.69) is 32.6 Å². The predicted octanol–water partition coefficient (Wildman–Crippen LogP) is 3.79. The molecule has 0 saturated carbocycles. The number of nitrogens with one attached hydrogen (secondary N) is 2. The molecule has 0 bridgehead atoms. The molecular formula is C14H10ClIN2O.